The highest BCUT2D eigenvalue weighted by molar-refractivity contribution is 5.85. The van der Waals surface area contributed by atoms with Crippen LogP contribution in [0.3, 0.4) is 0 Å². The summed E-state index contributed by atoms with van der Waals surface area (Å²) in [5, 5.41) is 5.38. The van der Waals surface area contributed by atoms with Crippen molar-refractivity contribution in [2.45, 2.75) is 12.6 Å². The van der Waals surface area contributed by atoms with Gasteiger partial charge in [-0.05, 0) is 19.2 Å². The van der Waals surface area contributed by atoms with Gasteiger partial charge in [-0.25, -0.2) is 0 Å². The first-order valence-corrected chi connectivity index (χ1v) is 6.15. The molecule has 0 atom stereocenters. The SMILES string of the molecule is CNCCC(=O)NCCOc1ccccc1C(F)(F)F.Cl. The molecule has 0 aliphatic carbocycles. The normalized spacial score (nSPS) is 10.7. The summed E-state index contributed by atoms with van der Waals surface area (Å²) in [4.78, 5) is 11.3. The summed E-state index contributed by atoms with van der Waals surface area (Å²) < 4.78 is 43.1. The number of hydrogen-bond acceptors (Lipinski definition) is 3. The summed E-state index contributed by atoms with van der Waals surface area (Å²) >= 11 is 0. The molecule has 0 aliphatic rings. The second-order valence-electron chi connectivity index (χ2n) is 4.05. The molecule has 0 saturated heterocycles. The lowest BCUT2D eigenvalue weighted by atomic mass is 10.2. The Kier molecular flexibility index (Phi) is 8.80. The number of halogens is 4. The van der Waals surface area contributed by atoms with E-state index in [4.69, 9.17) is 4.74 Å². The lowest BCUT2D eigenvalue weighted by Gasteiger charge is -2.13. The van der Waals surface area contributed by atoms with Crippen molar-refractivity contribution in [3.8, 4) is 5.75 Å². The Morgan fingerprint density at radius 2 is 1.90 bits per heavy atom. The summed E-state index contributed by atoms with van der Waals surface area (Å²) in [6.45, 7) is 0.691. The van der Waals surface area contributed by atoms with Crippen LogP contribution in [0.2, 0.25) is 0 Å². The zero-order valence-electron chi connectivity index (χ0n) is 11.5. The molecule has 1 amide bonds. The number of carbonyl (C=O) groups is 1. The van der Waals surface area contributed by atoms with Crippen LogP contribution in [0.1, 0.15) is 12.0 Å². The molecule has 0 radical (unpaired) electrons. The van der Waals surface area contributed by atoms with E-state index in [-0.39, 0.29) is 37.2 Å². The van der Waals surface area contributed by atoms with E-state index in [1.54, 1.807) is 7.05 Å². The van der Waals surface area contributed by atoms with E-state index < -0.39 is 11.7 Å². The minimum absolute atomic E-state index is 0. The molecule has 0 fully saturated rings. The van der Waals surface area contributed by atoms with Gasteiger partial charge in [0, 0.05) is 13.0 Å². The van der Waals surface area contributed by atoms with Gasteiger partial charge in [-0.3, -0.25) is 4.79 Å². The van der Waals surface area contributed by atoms with Crippen LogP contribution in [0, 0.1) is 0 Å². The molecule has 8 heteroatoms. The first kappa shape index (κ1) is 19.5. The quantitative estimate of drug-likeness (QED) is 0.756. The maximum absolute atomic E-state index is 12.7. The zero-order chi connectivity index (χ0) is 15.0. The number of hydrogen-bond donors (Lipinski definition) is 2. The monoisotopic (exact) mass is 326 g/mol. The van der Waals surface area contributed by atoms with Crippen LogP contribution in [0.4, 0.5) is 13.2 Å². The van der Waals surface area contributed by atoms with Crippen molar-refractivity contribution in [2.24, 2.45) is 0 Å². The topological polar surface area (TPSA) is 50.4 Å². The molecule has 21 heavy (non-hydrogen) atoms. The Balaban J connectivity index is 0.00000400. The van der Waals surface area contributed by atoms with Gasteiger partial charge in [0.25, 0.3) is 0 Å². The standard InChI is InChI=1S/C13H17F3N2O2.ClH/c1-17-7-6-12(19)18-8-9-20-11-5-3-2-4-10(11)13(14,15)16;/h2-5,17H,6-9H2,1H3,(H,18,19);1H. The van der Waals surface area contributed by atoms with E-state index in [0.717, 1.165) is 6.07 Å². The predicted molar refractivity (Wildman–Crippen MR) is 75.7 cm³/mol. The molecule has 0 unspecified atom stereocenters. The first-order chi connectivity index (χ1) is 9.45. The van der Waals surface area contributed by atoms with Gasteiger partial charge in [0.2, 0.25) is 5.91 Å². The van der Waals surface area contributed by atoms with Crippen molar-refractivity contribution in [1.82, 2.24) is 10.6 Å². The summed E-state index contributed by atoms with van der Waals surface area (Å²) in [5.74, 6) is -0.406. The number of amides is 1. The zero-order valence-corrected chi connectivity index (χ0v) is 12.3. The lowest BCUT2D eigenvalue weighted by Crippen LogP contribution is -2.30. The van der Waals surface area contributed by atoms with Gasteiger partial charge >= 0.3 is 6.18 Å². The van der Waals surface area contributed by atoms with E-state index in [9.17, 15) is 18.0 Å². The Hall–Kier alpha value is -1.47. The highest BCUT2D eigenvalue weighted by atomic mass is 35.5. The van der Waals surface area contributed by atoms with Crippen molar-refractivity contribution < 1.29 is 22.7 Å². The van der Waals surface area contributed by atoms with Crippen molar-refractivity contribution in [3.05, 3.63) is 29.8 Å². The maximum Gasteiger partial charge on any atom is 0.419 e. The summed E-state index contributed by atoms with van der Waals surface area (Å²) in [6.07, 6.45) is -4.14. The minimum Gasteiger partial charge on any atom is -0.491 e. The molecule has 2 N–H and O–H groups in total. The smallest absolute Gasteiger partial charge is 0.419 e. The Morgan fingerprint density at radius 1 is 1.24 bits per heavy atom. The molecular formula is C13H18ClF3N2O2. The molecule has 120 valence electrons. The second kappa shape index (κ2) is 9.46. The van der Waals surface area contributed by atoms with Gasteiger partial charge in [-0.2, -0.15) is 13.2 Å². The van der Waals surface area contributed by atoms with Gasteiger partial charge in [-0.15, -0.1) is 12.4 Å². The van der Waals surface area contributed by atoms with Crippen molar-refractivity contribution in [1.29, 1.82) is 0 Å². The van der Waals surface area contributed by atoms with Crippen molar-refractivity contribution in [2.75, 3.05) is 26.7 Å². The van der Waals surface area contributed by atoms with Crippen molar-refractivity contribution in [3.63, 3.8) is 0 Å². The highest BCUT2D eigenvalue weighted by Crippen LogP contribution is 2.35. The van der Waals surface area contributed by atoms with E-state index in [1.165, 1.54) is 18.2 Å². The summed E-state index contributed by atoms with van der Waals surface area (Å²) in [6, 6.07) is 4.98. The largest absolute Gasteiger partial charge is 0.491 e. The third-order valence-corrected chi connectivity index (χ3v) is 2.48. The number of alkyl halides is 3. The molecule has 0 heterocycles. The number of nitrogens with one attached hydrogen (secondary N) is 2. The van der Waals surface area contributed by atoms with Crippen LogP contribution >= 0.6 is 12.4 Å². The fourth-order valence-electron chi connectivity index (χ4n) is 1.51. The number of para-hydroxylation sites is 1. The number of carbonyl (C=O) groups excluding carboxylic acids is 1. The maximum atomic E-state index is 12.7. The number of rotatable bonds is 7. The molecule has 0 bridgehead atoms. The Morgan fingerprint density at radius 3 is 2.52 bits per heavy atom. The third-order valence-electron chi connectivity index (χ3n) is 2.48. The molecule has 0 spiro atoms. The van der Waals surface area contributed by atoms with Gasteiger partial charge in [-0.1, -0.05) is 12.1 Å². The average Bonchev–Trinajstić information content (AvgIpc) is 2.40. The minimum atomic E-state index is -4.45. The predicted octanol–water partition coefficient (Wildman–Crippen LogP) is 2.23. The fourth-order valence-corrected chi connectivity index (χ4v) is 1.51. The van der Waals surface area contributed by atoms with Gasteiger partial charge < -0.3 is 15.4 Å². The van der Waals surface area contributed by atoms with E-state index in [1.807, 2.05) is 0 Å². The van der Waals surface area contributed by atoms with E-state index in [2.05, 4.69) is 10.6 Å². The molecule has 0 aliphatic heterocycles. The molecular weight excluding hydrogens is 309 g/mol. The van der Waals surface area contributed by atoms with Gasteiger partial charge in [0.1, 0.15) is 12.4 Å². The summed E-state index contributed by atoms with van der Waals surface area (Å²) in [7, 11) is 1.73. The lowest BCUT2D eigenvalue weighted by molar-refractivity contribution is -0.139. The van der Waals surface area contributed by atoms with E-state index >= 15 is 0 Å². The highest BCUT2D eigenvalue weighted by Gasteiger charge is 2.33. The average molecular weight is 327 g/mol. The number of ether oxygens (including phenoxy) is 1. The van der Waals surface area contributed by atoms with Gasteiger partial charge in [0.05, 0.1) is 12.1 Å². The molecule has 1 aromatic rings. The van der Waals surface area contributed by atoms with Gasteiger partial charge in [0.15, 0.2) is 0 Å². The summed E-state index contributed by atoms with van der Waals surface area (Å²) in [5.41, 5.74) is -0.818. The molecule has 0 saturated carbocycles. The van der Waals surface area contributed by atoms with E-state index in [0.29, 0.717) is 13.0 Å². The van der Waals surface area contributed by atoms with Crippen LogP contribution in [0.15, 0.2) is 24.3 Å². The third kappa shape index (κ3) is 7.19. The number of benzene rings is 1. The second-order valence-corrected chi connectivity index (χ2v) is 4.05. The Labute approximate surface area is 127 Å². The first-order valence-electron chi connectivity index (χ1n) is 6.15. The molecule has 0 aromatic heterocycles. The Bertz CT molecular complexity index is 442. The van der Waals surface area contributed by atoms with Crippen molar-refractivity contribution >= 4 is 18.3 Å². The van der Waals surface area contributed by atoms with Crippen LogP contribution in [0.5, 0.6) is 5.75 Å². The fraction of sp³-hybridized carbons (Fsp3) is 0.462. The van der Waals surface area contributed by atoms with Crippen LogP contribution in [-0.4, -0.2) is 32.7 Å². The van der Waals surface area contributed by atoms with Crippen LogP contribution < -0.4 is 15.4 Å². The van der Waals surface area contributed by atoms with Crippen LogP contribution in [0.25, 0.3) is 0 Å². The molecule has 1 rings (SSSR count). The molecule has 1 aromatic carbocycles. The molecule has 4 nitrogen and oxygen atoms in total. The van der Waals surface area contributed by atoms with Crippen LogP contribution in [-0.2, 0) is 11.0 Å².